The lowest BCUT2D eigenvalue weighted by Gasteiger charge is -2.06. The van der Waals surface area contributed by atoms with Crippen molar-refractivity contribution in [3.05, 3.63) is 98.2 Å². The number of nitrogens with zero attached hydrogens (tertiary/aromatic N) is 4. The zero-order chi connectivity index (χ0) is 23.2. The minimum Gasteiger partial charge on any atom is -0.389 e. The second-order valence-electron chi connectivity index (χ2n) is 6.86. The molecule has 0 saturated heterocycles. The summed E-state index contributed by atoms with van der Waals surface area (Å²) in [6.07, 6.45) is 0.582. The van der Waals surface area contributed by atoms with Crippen molar-refractivity contribution in [3.63, 3.8) is 0 Å². The third-order valence-corrected chi connectivity index (χ3v) is 5.72. The van der Waals surface area contributed by atoms with Gasteiger partial charge < -0.3 is 14.7 Å². The molecular weight excluding hydrogens is 482 g/mol. The number of thiocarbonyl (C=S) groups is 1. The van der Waals surface area contributed by atoms with Crippen molar-refractivity contribution < 1.29 is 9.36 Å². The second-order valence-corrected chi connectivity index (χ2v) is 8.65. The fourth-order valence-corrected chi connectivity index (χ4v) is 4.08. The SMILES string of the molecule is Cn1oc(=O)nc1/C(=N/OCc1csc(NC(=S)Cc2ccc(Cl)cc2)n1)c1ccccc1. The molecule has 2 heterocycles. The number of aryl methyl sites for hydroxylation is 1. The number of aromatic nitrogens is 3. The third-order valence-electron chi connectivity index (χ3n) is 4.41. The van der Waals surface area contributed by atoms with E-state index in [1.807, 2.05) is 60.0 Å². The predicted molar refractivity (Wildman–Crippen MR) is 132 cm³/mol. The summed E-state index contributed by atoms with van der Waals surface area (Å²) in [5.74, 6) is -0.444. The average molecular weight is 500 g/mol. The molecule has 4 aromatic rings. The van der Waals surface area contributed by atoms with Gasteiger partial charge in [0.05, 0.1) is 10.7 Å². The molecule has 33 heavy (non-hydrogen) atoms. The van der Waals surface area contributed by atoms with Gasteiger partial charge in [-0.2, -0.15) is 9.72 Å². The summed E-state index contributed by atoms with van der Waals surface area (Å²) in [5.41, 5.74) is 2.85. The highest BCUT2D eigenvalue weighted by Crippen LogP contribution is 2.18. The highest BCUT2D eigenvalue weighted by atomic mass is 35.5. The molecule has 0 radical (unpaired) electrons. The van der Waals surface area contributed by atoms with Crippen LogP contribution in [0.2, 0.25) is 5.02 Å². The van der Waals surface area contributed by atoms with Gasteiger partial charge in [0.15, 0.2) is 23.3 Å². The van der Waals surface area contributed by atoms with Crippen LogP contribution < -0.4 is 11.1 Å². The maximum absolute atomic E-state index is 11.5. The Labute approximate surface area is 203 Å². The molecule has 0 spiro atoms. The summed E-state index contributed by atoms with van der Waals surface area (Å²) >= 11 is 12.8. The van der Waals surface area contributed by atoms with Crippen LogP contribution in [-0.2, 0) is 24.9 Å². The molecular formula is C22H18ClN5O3S2. The van der Waals surface area contributed by atoms with Crippen molar-refractivity contribution in [1.29, 1.82) is 0 Å². The van der Waals surface area contributed by atoms with Crippen molar-refractivity contribution in [1.82, 2.24) is 14.7 Å². The van der Waals surface area contributed by atoms with Gasteiger partial charge in [0.1, 0.15) is 0 Å². The summed E-state index contributed by atoms with van der Waals surface area (Å²) in [5, 5.41) is 10.6. The lowest BCUT2D eigenvalue weighted by molar-refractivity contribution is 0.128. The largest absolute Gasteiger partial charge is 0.460 e. The van der Waals surface area contributed by atoms with E-state index in [-0.39, 0.29) is 12.4 Å². The fourth-order valence-electron chi connectivity index (χ4n) is 2.90. The monoisotopic (exact) mass is 499 g/mol. The van der Waals surface area contributed by atoms with E-state index in [0.717, 1.165) is 11.1 Å². The molecule has 1 N–H and O–H groups in total. The summed E-state index contributed by atoms with van der Waals surface area (Å²) in [7, 11) is 1.58. The predicted octanol–water partition coefficient (Wildman–Crippen LogP) is 4.43. The van der Waals surface area contributed by atoms with E-state index in [0.29, 0.717) is 33.0 Å². The van der Waals surface area contributed by atoms with Gasteiger partial charge in [0.25, 0.3) is 0 Å². The standard InChI is InChI=1S/C22H18ClN5O3S2/c1-28-20(26-22(29)31-28)19(15-5-3-2-4-6-15)27-30-12-17-13-33-21(24-17)25-18(32)11-14-7-9-16(23)10-8-14/h2-10,13H,11-12H2,1H3,(H,24,25,32)/b27-19+. The molecule has 0 saturated carbocycles. The average Bonchev–Trinajstić information content (AvgIpc) is 3.38. The van der Waals surface area contributed by atoms with Gasteiger partial charge in [-0.3, -0.25) is 0 Å². The zero-order valence-corrected chi connectivity index (χ0v) is 19.8. The summed E-state index contributed by atoms with van der Waals surface area (Å²) in [6.45, 7) is 0.129. The van der Waals surface area contributed by atoms with Crippen LogP contribution in [0, 0.1) is 0 Å². The molecule has 0 unspecified atom stereocenters. The van der Waals surface area contributed by atoms with E-state index in [1.54, 1.807) is 7.05 Å². The van der Waals surface area contributed by atoms with Crippen LogP contribution in [0.25, 0.3) is 0 Å². The quantitative estimate of drug-likeness (QED) is 0.217. The number of thiazole rings is 1. The van der Waals surface area contributed by atoms with Crippen molar-refractivity contribution in [2.24, 2.45) is 12.2 Å². The summed E-state index contributed by atoms with van der Waals surface area (Å²) in [6, 6.07) is 16.8. The second kappa shape index (κ2) is 10.5. The van der Waals surface area contributed by atoms with E-state index in [2.05, 4.69) is 20.4 Å². The first-order valence-corrected chi connectivity index (χ1v) is 11.4. The lowest BCUT2D eigenvalue weighted by atomic mass is 10.1. The van der Waals surface area contributed by atoms with E-state index in [1.165, 1.54) is 16.1 Å². The van der Waals surface area contributed by atoms with E-state index < -0.39 is 5.76 Å². The number of oxime groups is 1. The first-order valence-electron chi connectivity index (χ1n) is 9.77. The van der Waals surface area contributed by atoms with Crippen LogP contribution in [0.1, 0.15) is 22.6 Å². The van der Waals surface area contributed by atoms with Crippen molar-refractivity contribution >= 4 is 51.0 Å². The Hall–Kier alpha value is -3.34. The number of nitrogens with one attached hydrogen (secondary N) is 1. The Morgan fingerprint density at radius 3 is 2.67 bits per heavy atom. The molecule has 0 aliphatic rings. The number of halogens is 1. The van der Waals surface area contributed by atoms with Gasteiger partial charge >= 0.3 is 5.76 Å². The van der Waals surface area contributed by atoms with Crippen LogP contribution in [0.4, 0.5) is 5.13 Å². The number of benzene rings is 2. The van der Waals surface area contributed by atoms with Crippen LogP contribution >= 0.6 is 35.2 Å². The van der Waals surface area contributed by atoms with Crippen LogP contribution in [0.5, 0.6) is 0 Å². The highest BCUT2D eigenvalue weighted by molar-refractivity contribution is 7.80. The molecule has 168 valence electrons. The third kappa shape index (κ3) is 6.13. The minimum absolute atomic E-state index is 0.129. The Kier molecular flexibility index (Phi) is 7.28. The van der Waals surface area contributed by atoms with Gasteiger partial charge in [0, 0.05) is 29.4 Å². The maximum Gasteiger partial charge on any atom is 0.460 e. The van der Waals surface area contributed by atoms with Crippen molar-refractivity contribution in [3.8, 4) is 0 Å². The molecule has 0 fully saturated rings. The maximum atomic E-state index is 11.5. The zero-order valence-electron chi connectivity index (χ0n) is 17.4. The lowest BCUT2D eigenvalue weighted by Crippen LogP contribution is -2.12. The Balaban J connectivity index is 1.41. The highest BCUT2D eigenvalue weighted by Gasteiger charge is 2.16. The van der Waals surface area contributed by atoms with E-state index >= 15 is 0 Å². The van der Waals surface area contributed by atoms with Crippen LogP contribution in [-0.4, -0.2) is 25.4 Å². The molecule has 4 rings (SSSR count). The topological polar surface area (TPSA) is 94.5 Å². The molecule has 8 nitrogen and oxygen atoms in total. The number of anilines is 1. The van der Waals surface area contributed by atoms with Crippen LogP contribution in [0.15, 0.2) is 74.5 Å². The Morgan fingerprint density at radius 2 is 1.97 bits per heavy atom. The van der Waals surface area contributed by atoms with Gasteiger partial charge in [0.2, 0.25) is 0 Å². The number of rotatable bonds is 8. The molecule has 11 heteroatoms. The first-order chi connectivity index (χ1) is 16.0. The molecule has 0 bridgehead atoms. The Bertz CT molecular complexity index is 1330. The summed E-state index contributed by atoms with van der Waals surface area (Å²) in [4.78, 5) is 26.1. The van der Waals surface area contributed by atoms with Crippen molar-refractivity contribution in [2.45, 2.75) is 13.0 Å². The molecule has 2 aromatic heterocycles. The normalized spacial score (nSPS) is 11.4. The van der Waals surface area contributed by atoms with E-state index in [9.17, 15) is 4.79 Å². The smallest absolute Gasteiger partial charge is 0.389 e. The van der Waals surface area contributed by atoms with Gasteiger partial charge in [-0.15, -0.1) is 11.3 Å². The minimum atomic E-state index is -0.707. The Morgan fingerprint density at radius 1 is 1.21 bits per heavy atom. The molecule has 0 aliphatic carbocycles. The van der Waals surface area contributed by atoms with Gasteiger partial charge in [-0.05, 0) is 17.7 Å². The van der Waals surface area contributed by atoms with Gasteiger partial charge in [-0.1, -0.05) is 71.4 Å². The van der Waals surface area contributed by atoms with Crippen LogP contribution in [0.3, 0.4) is 0 Å². The fraction of sp³-hybridized carbons (Fsp3) is 0.136. The molecule has 0 aliphatic heterocycles. The first kappa shape index (κ1) is 22.8. The number of hydrogen-bond acceptors (Lipinski definition) is 8. The van der Waals surface area contributed by atoms with Gasteiger partial charge in [-0.25, -0.2) is 9.78 Å². The molecule has 0 amide bonds. The molecule has 0 atom stereocenters. The number of hydrogen-bond donors (Lipinski definition) is 1. The van der Waals surface area contributed by atoms with Crippen molar-refractivity contribution in [2.75, 3.05) is 5.32 Å². The molecule has 2 aromatic carbocycles. The summed E-state index contributed by atoms with van der Waals surface area (Å²) < 4.78 is 6.20. The van der Waals surface area contributed by atoms with E-state index in [4.69, 9.17) is 33.2 Å².